The molecule has 0 aliphatic heterocycles. The molecule has 0 saturated heterocycles. The molecule has 18 heavy (non-hydrogen) atoms. The second-order valence-electron chi connectivity index (χ2n) is 4.44. The highest BCUT2D eigenvalue weighted by Gasteiger charge is 2.32. The lowest BCUT2D eigenvalue weighted by molar-refractivity contribution is -0.964. The maximum absolute atomic E-state index is 11.5. The molecule has 0 heterocycles. The first-order valence-corrected chi connectivity index (χ1v) is 6.26. The number of carbonyl (C=O) groups excluding carboxylic acids is 1. The number of halogens is 1. The number of hydrogen-bond donors (Lipinski definition) is 1. The van der Waals surface area contributed by atoms with Crippen LogP contribution in [0.15, 0.2) is 12.2 Å². The molecule has 0 bridgehead atoms. The number of nitrogens with zero attached hydrogens (tertiary/aromatic N) is 1. The van der Waals surface area contributed by atoms with Gasteiger partial charge >= 0.3 is 5.97 Å². The third-order valence-corrected chi connectivity index (χ3v) is 3.42. The van der Waals surface area contributed by atoms with Gasteiger partial charge in [-0.05, 0) is 20.8 Å². The zero-order valence-corrected chi connectivity index (χ0v) is 12.7. The normalized spacial score (nSPS) is 12.5. The van der Waals surface area contributed by atoms with E-state index < -0.39 is 0 Å². The fourth-order valence-corrected chi connectivity index (χ4v) is 1.99. The van der Waals surface area contributed by atoms with Crippen LogP contribution in [-0.4, -0.2) is 48.0 Å². The van der Waals surface area contributed by atoms with Crippen molar-refractivity contribution in [2.24, 2.45) is 0 Å². The van der Waals surface area contributed by atoms with Gasteiger partial charge < -0.3 is 22.3 Å². The molecular weight excluding hydrogens is 254 g/mol. The van der Waals surface area contributed by atoms with Crippen LogP contribution in [0.2, 0.25) is 0 Å². The molecule has 0 radical (unpaired) electrons. The first-order chi connectivity index (χ1) is 7.93. The molecule has 4 nitrogen and oxygen atoms in total. The van der Waals surface area contributed by atoms with Crippen LogP contribution in [0.4, 0.5) is 0 Å². The van der Waals surface area contributed by atoms with E-state index >= 15 is 0 Å². The molecule has 1 N–H and O–H groups in total. The summed E-state index contributed by atoms with van der Waals surface area (Å²) in [5.74, 6) is -0.342. The summed E-state index contributed by atoms with van der Waals surface area (Å²) in [5, 5.41) is 8.94. The summed E-state index contributed by atoms with van der Waals surface area (Å²) in [7, 11) is 0. The Morgan fingerprint density at radius 1 is 1.39 bits per heavy atom. The lowest BCUT2D eigenvalue weighted by Crippen LogP contribution is -3.00. The van der Waals surface area contributed by atoms with Gasteiger partial charge in [0.05, 0.1) is 19.6 Å². The minimum Gasteiger partial charge on any atom is -1.00 e. The quantitative estimate of drug-likeness (QED) is 0.260. The Balaban J connectivity index is 0. The van der Waals surface area contributed by atoms with E-state index in [4.69, 9.17) is 9.84 Å². The number of rotatable bonds is 8. The Bertz CT molecular complexity index is 265. The fraction of sp³-hybridized carbons (Fsp3) is 0.769. The van der Waals surface area contributed by atoms with Crippen molar-refractivity contribution in [3.05, 3.63) is 12.2 Å². The van der Waals surface area contributed by atoms with Crippen molar-refractivity contribution in [1.82, 2.24) is 0 Å². The SMILES string of the molecule is C=C(C)C(=O)OC(C)[N+](CC)(CC)CCCO.[Cl-]. The molecule has 0 amide bonds. The third kappa shape index (κ3) is 5.38. The summed E-state index contributed by atoms with van der Waals surface area (Å²) in [6.07, 6.45) is 0.511. The summed E-state index contributed by atoms with van der Waals surface area (Å²) in [6.45, 7) is 14.0. The Morgan fingerprint density at radius 2 is 1.89 bits per heavy atom. The summed E-state index contributed by atoms with van der Waals surface area (Å²) in [5.41, 5.74) is 0.421. The van der Waals surface area contributed by atoms with Gasteiger partial charge in [-0.1, -0.05) is 6.58 Å². The molecule has 0 rings (SSSR count). The number of aliphatic hydroxyl groups is 1. The van der Waals surface area contributed by atoms with Crippen LogP contribution in [-0.2, 0) is 9.53 Å². The molecule has 108 valence electrons. The van der Waals surface area contributed by atoms with E-state index in [2.05, 4.69) is 20.4 Å². The average Bonchev–Trinajstić information content (AvgIpc) is 2.31. The Labute approximate surface area is 117 Å². The summed E-state index contributed by atoms with van der Waals surface area (Å²) in [4.78, 5) is 11.5. The maximum Gasteiger partial charge on any atom is 0.337 e. The van der Waals surface area contributed by atoms with Crippen molar-refractivity contribution in [1.29, 1.82) is 0 Å². The molecule has 0 aliphatic rings. The topological polar surface area (TPSA) is 46.5 Å². The Hall–Kier alpha value is -0.580. The molecule has 5 heteroatoms. The summed E-state index contributed by atoms with van der Waals surface area (Å²) < 4.78 is 6.09. The Morgan fingerprint density at radius 3 is 2.22 bits per heavy atom. The van der Waals surface area contributed by atoms with Gasteiger partial charge in [-0.3, -0.25) is 4.48 Å². The van der Waals surface area contributed by atoms with Gasteiger partial charge in [0.2, 0.25) is 6.23 Å². The fourth-order valence-electron chi connectivity index (χ4n) is 1.99. The molecule has 0 spiro atoms. The lowest BCUT2D eigenvalue weighted by atomic mass is 10.2. The molecule has 0 saturated carbocycles. The van der Waals surface area contributed by atoms with E-state index in [0.717, 1.165) is 26.1 Å². The smallest absolute Gasteiger partial charge is 0.337 e. The maximum atomic E-state index is 11.5. The molecule has 0 aromatic heterocycles. The van der Waals surface area contributed by atoms with Crippen LogP contribution < -0.4 is 12.4 Å². The highest BCUT2D eigenvalue weighted by atomic mass is 35.5. The predicted octanol–water partition coefficient (Wildman–Crippen LogP) is -1.31. The molecule has 0 aromatic carbocycles. The molecule has 0 aliphatic carbocycles. The number of ether oxygens (including phenoxy) is 1. The number of hydrogen-bond acceptors (Lipinski definition) is 3. The van der Waals surface area contributed by atoms with E-state index in [1.165, 1.54) is 0 Å². The van der Waals surface area contributed by atoms with Crippen molar-refractivity contribution in [2.75, 3.05) is 26.2 Å². The standard InChI is InChI=1S/C13H26NO3.ClH/c1-6-14(7-2,9-8-10-15)12(5)17-13(16)11(3)4;/h12,15H,3,6-10H2,1-2,4-5H3;1H/q+1;/p-1. The highest BCUT2D eigenvalue weighted by Crippen LogP contribution is 2.16. The van der Waals surface area contributed by atoms with Gasteiger partial charge in [-0.2, -0.15) is 0 Å². The van der Waals surface area contributed by atoms with E-state index in [1.807, 2.05) is 6.92 Å². The van der Waals surface area contributed by atoms with Crippen LogP contribution in [0.3, 0.4) is 0 Å². The van der Waals surface area contributed by atoms with Gasteiger partial charge in [-0.15, -0.1) is 0 Å². The number of esters is 1. The van der Waals surface area contributed by atoms with Crippen molar-refractivity contribution >= 4 is 5.97 Å². The molecule has 1 unspecified atom stereocenters. The van der Waals surface area contributed by atoms with Crippen LogP contribution in [0.1, 0.15) is 34.1 Å². The van der Waals surface area contributed by atoms with Crippen molar-refractivity contribution < 1.29 is 31.5 Å². The van der Waals surface area contributed by atoms with E-state index in [0.29, 0.717) is 10.1 Å². The second-order valence-corrected chi connectivity index (χ2v) is 4.44. The largest absolute Gasteiger partial charge is 1.00 e. The minimum atomic E-state index is -0.342. The van der Waals surface area contributed by atoms with Crippen LogP contribution in [0.5, 0.6) is 0 Å². The minimum absolute atomic E-state index is 0. The third-order valence-electron chi connectivity index (χ3n) is 3.42. The summed E-state index contributed by atoms with van der Waals surface area (Å²) >= 11 is 0. The van der Waals surface area contributed by atoms with Crippen LogP contribution in [0.25, 0.3) is 0 Å². The predicted molar refractivity (Wildman–Crippen MR) is 68.3 cm³/mol. The van der Waals surface area contributed by atoms with Crippen molar-refractivity contribution in [3.63, 3.8) is 0 Å². The zero-order chi connectivity index (χ0) is 13.5. The monoisotopic (exact) mass is 279 g/mol. The number of quaternary nitrogens is 1. The molecule has 0 fully saturated rings. The van der Waals surface area contributed by atoms with Gasteiger partial charge in [0.1, 0.15) is 0 Å². The zero-order valence-electron chi connectivity index (χ0n) is 11.9. The molecule has 0 aromatic rings. The van der Waals surface area contributed by atoms with Gasteiger partial charge in [0.15, 0.2) is 0 Å². The summed E-state index contributed by atoms with van der Waals surface area (Å²) in [6, 6.07) is 0. The first-order valence-electron chi connectivity index (χ1n) is 6.26. The molecular formula is C13H26ClNO3. The van der Waals surface area contributed by atoms with E-state index in [1.54, 1.807) is 6.92 Å². The average molecular weight is 280 g/mol. The van der Waals surface area contributed by atoms with Gasteiger partial charge in [0.25, 0.3) is 0 Å². The highest BCUT2D eigenvalue weighted by molar-refractivity contribution is 5.86. The van der Waals surface area contributed by atoms with Crippen LogP contribution in [0, 0.1) is 0 Å². The second kappa shape index (κ2) is 9.36. The van der Waals surface area contributed by atoms with Gasteiger partial charge in [0, 0.05) is 25.5 Å². The Kier molecular flexibility index (Phi) is 10.3. The number of carbonyl (C=O) groups is 1. The molecule has 1 atom stereocenters. The van der Waals surface area contributed by atoms with Crippen molar-refractivity contribution in [3.8, 4) is 0 Å². The number of aliphatic hydroxyl groups excluding tert-OH is 1. The lowest BCUT2D eigenvalue weighted by Gasteiger charge is -2.41. The van der Waals surface area contributed by atoms with Crippen LogP contribution >= 0.6 is 0 Å². The van der Waals surface area contributed by atoms with Gasteiger partial charge in [-0.25, -0.2) is 4.79 Å². The van der Waals surface area contributed by atoms with E-state index in [9.17, 15) is 4.79 Å². The van der Waals surface area contributed by atoms with Crippen molar-refractivity contribution in [2.45, 2.75) is 40.3 Å². The van der Waals surface area contributed by atoms with E-state index in [-0.39, 0.29) is 31.2 Å². The first kappa shape index (κ1) is 19.8.